The third-order valence-corrected chi connectivity index (χ3v) is 6.38. The SMILES string of the molecule is CCCCCCCCCCCCCCCCCCSS(=O)(=O)O. The molecule has 1 N–H and O–H groups in total. The Morgan fingerprint density at radius 2 is 0.913 bits per heavy atom. The second-order valence-corrected chi connectivity index (χ2v) is 10.0. The second-order valence-electron chi connectivity index (χ2n) is 6.55. The maximum Gasteiger partial charge on any atom is 0.319 e. The standard InChI is InChI=1S/C18H38O3S2/c1-2-3-4-5-6-7-8-9-10-11-12-13-14-15-16-17-18-22-23(19,20)21/h2-18H2,1H3,(H,19,20,21). The van der Waals surface area contributed by atoms with Gasteiger partial charge in [0.25, 0.3) is 0 Å². The van der Waals surface area contributed by atoms with Crippen molar-refractivity contribution >= 4 is 19.9 Å². The van der Waals surface area contributed by atoms with E-state index in [9.17, 15) is 8.42 Å². The number of unbranched alkanes of at least 4 members (excludes halogenated alkanes) is 15. The lowest BCUT2D eigenvalue weighted by Gasteiger charge is -2.03. The molecule has 0 atom stereocenters. The molecule has 3 nitrogen and oxygen atoms in total. The molecule has 0 aromatic carbocycles. The summed E-state index contributed by atoms with van der Waals surface area (Å²) in [4.78, 5) is 0. The van der Waals surface area contributed by atoms with Gasteiger partial charge in [0, 0.05) is 5.75 Å². The highest BCUT2D eigenvalue weighted by atomic mass is 33.1. The third kappa shape index (κ3) is 22.3. The highest BCUT2D eigenvalue weighted by Crippen LogP contribution is 2.15. The zero-order valence-electron chi connectivity index (χ0n) is 15.1. The molecular weight excluding hydrogens is 328 g/mol. The summed E-state index contributed by atoms with van der Waals surface area (Å²) >= 11 is 0. The van der Waals surface area contributed by atoms with E-state index in [1.54, 1.807) is 0 Å². The van der Waals surface area contributed by atoms with E-state index in [0.29, 0.717) is 16.5 Å². The predicted molar refractivity (Wildman–Crippen MR) is 104 cm³/mol. The van der Waals surface area contributed by atoms with E-state index in [4.69, 9.17) is 4.55 Å². The van der Waals surface area contributed by atoms with Crippen LogP contribution in [0.25, 0.3) is 0 Å². The fourth-order valence-corrected chi connectivity index (χ4v) is 4.33. The molecule has 0 saturated carbocycles. The van der Waals surface area contributed by atoms with Crippen LogP contribution in [-0.2, 0) is 9.15 Å². The fraction of sp³-hybridized carbons (Fsp3) is 1.00. The smallest absolute Gasteiger partial charge is 0.277 e. The molecule has 5 heteroatoms. The lowest BCUT2D eigenvalue weighted by molar-refractivity contribution is 0.503. The van der Waals surface area contributed by atoms with Gasteiger partial charge in [0.15, 0.2) is 0 Å². The summed E-state index contributed by atoms with van der Waals surface area (Å²) in [5.74, 6) is 0.511. The summed E-state index contributed by atoms with van der Waals surface area (Å²) in [6.07, 6.45) is 21.1. The van der Waals surface area contributed by atoms with E-state index in [0.717, 1.165) is 12.8 Å². The third-order valence-electron chi connectivity index (χ3n) is 4.23. The van der Waals surface area contributed by atoms with Crippen molar-refractivity contribution < 1.29 is 13.0 Å². The molecule has 0 bridgehead atoms. The van der Waals surface area contributed by atoms with E-state index in [-0.39, 0.29) is 0 Å². The van der Waals surface area contributed by atoms with E-state index >= 15 is 0 Å². The van der Waals surface area contributed by atoms with E-state index < -0.39 is 9.15 Å². The molecule has 0 aromatic rings. The molecule has 0 rings (SSSR count). The van der Waals surface area contributed by atoms with Gasteiger partial charge >= 0.3 is 9.15 Å². The number of hydrogen-bond acceptors (Lipinski definition) is 3. The molecule has 0 aliphatic rings. The first-order chi connectivity index (χ1) is 11.1. The van der Waals surface area contributed by atoms with Crippen LogP contribution in [0, 0.1) is 0 Å². The van der Waals surface area contributed by atoms with Crippen molar-refractivity contribution in [2.75, 3.05) is 5.75 Å². The second kappa shape index (κ2) is 17.1. The minimum absolute atomic E-state index is 0.511. The fourth-order valence-electron chi connectivity index (χ4n) is 2.81. The van der Waals surface area contributed by atoms with Crippen molar-refractivity contribution in [2.24, 2.45) is 0 Å². The first kappa shape index (κ1) is 23.3. The molecule has 0 aromatic heterocycles. The molecule has 0 radical (unpaired) electrons. The summed E-state index contributed by atoms with van der Waals surface area (Å²) in [6, 6.07) is 0. The van der Waals surface area contributed by atoms with E-state index in [2.05, 4.69) is 6.92 Å². The lowest BCUT2D eigenvalue weighted by atomic mass is 10.0. The molecule has 0 aliphatic heterocycles. The van der Waals surface area contributed by atoms with Crippen LogP contribution in [0.5, 0.6) is 0 Å². The molecule has 0 spiro atoms. The monoisotopic (exact) mass is 366 g/mol. The van der Waals surface area contributed by atoms with Crippen LogP contribution in [0.2, 0.25) is 0 Å². The molecule has 23 heavy (non-hydrogen) atoms. The molecule has 0 aliphatic carbocycles. The van der Waals surface area contributed by atoms with Crippen LogP contribution < -0.4 is 0 Å². The summed E-state index contributed by atoms with van der Waals surface area (Å²) < 4.78 is 29.6. The van der Waals surface area contributed by atoms with Crippen molar-refractivity contribution in [3.8, 4) is 0 Å². The Bertz CT molecular complexity index is 329. The molecular formula is C18H38O3S2. The van der Waals surface area contributed by atoms with Crippen LogP contribution in [0.3, 0.4) is 0 Å². The average molecular weight is 367 g/mol. The maximum absolute atomic E-state index is 10.5. The van der Waals surface area contributed by atoms with Gasteiger partial charge < -0.3 is 0 Å². The molecule has 0 fully saturated rings. The first-order valence-corrected chi connectivity index (χ1v) is 12.6. The van der Waals surface area contributed by atoms with Crippen molar-refractivity contribution in [1.29, 1.82) is 0 Å². The van der Waals surface area contributed by atoms with Gasteiger partial charge in [-0.15, -0.1) is 0 Å². The topological polar surface area (TPSA) is 54.4 Å². The van der Waals surface area contributed by atoms with Gasteiger partial charge in [0.1, 0.15) is 0 Å². The quantitative estimate of drug-likeness (QED) is 0.165. The normalized spacial score (nSPS) is 11.9. The van der Waals surface area contributed by atoms with Crippen LogP contribution in [0.4, 0.5) is 0 Å². The first-order valence-electron chi connectivity index (χ1n) is 9.68. The van der Waals surface area contributed by atoms with Gasteiger partial charge in [-0.05, 0) is 17.2 Å². The van der Waals surface area contributed by atoms with Crippen molar-refractivity contribution in [3.05, 3.63) is 0 Å². The van der Waals surface area contributed by atoms with E-state index in [1.807, 2.05) is 0 Å². The highest BCUT2D eigenvalue weighted by Gasteiger charge is 2.03. The predicted octanol–water partition coefficient (Wildman–Crippen LogP) is 6.78. The number of rotatable bonds is 18. The minimum Gasteiger partial charge on any atom is -0.277 e. The molecule has 140 valence electrons. The lowest BCUT2D eigenvalue weighted by Crippen LogP contribution is -1.92. The van der Waals surface area contributed by atoms with Gasteiger partial charge in [-0.2, -0.15) is 8.42 Å². The zero-order valence-corrected chi connectivity index (χ0v) is 16.7. The Labute approximate surface area is 148 Å². The summed E-state index contributed by atoms with van der Waals surface area (Å²) in [5.41, 5.74) is 0. The van der Waals surface area contributed by atoms with Gasteiger partial charge in [-0.25, -0.2) is 0 Å². The van der Waals surface area contributed by atoms with Crippen LogP contribution in [0.15, 0.2) is 0 Å². The van der Waals surface area contributed by atoms with Gasteiger partial charge in [0.05, 0.1) is 0 Å². The molecule has 0 amide bonds. The Balaban J connectivity index is 3.03. The Morgan fingerprint density at radius 1 is 0.609 bits per heavy atom. The van der Waals surface area contributed by atoms with Gasteiger partial charge in [-0.3, -0.25) is 4.55 Å². The summed E-state index contributed by atoms with van der Waals surface area (Å²) in [7, 11) is -3.18. The van der Waals surface area contributed by atoms with Crippen molar-refractivity contribution in [3.63, 3.8) is 0 Å². The summed E-state index contributed by atoms with van der Waals surface area (Å²) in [5, 5.41) is 0. The maximum atomic E-state index is 10.5. The van der Waals surface area contributed by atoms with Gasteiger partial charge in [0.2, 0.25) is 0 Å². The average Bonchev–Trinajstić information content (AvgIpc) is 2.49. The molecule has 0 unspecified atom stereocenters. The summed E-state index contributed by atoms with van der Waals surface area (Å²) in [6.45, 7) is 2.27. The van der Waals surface area contributed by atoms with Crippen molar-refractivity contribution in [1.82, 2.24) is 0 Å². The largest absolute Gasteiger partial charge is 0.319 e. The van der Waals surface area contributed by atoms with Crippen LogP contribution in [0.1, 0.15) is 110 Å². The highest BCUT2D eigenvalue weighted by molar-refractivity contribution is 8.69. The zero-order chi connectivity index (χ0) is 17.2. The Kier molecular flexibility index (Phi) is 17.3. The molecule has 0 saturated heterocycles. The van der Waals surface area contributed by atoms with E-state index in [1.165, 1.54) is 89.9 Å². The van der Waals surface area contributed by atoms with Crippen LogP contribution >= 0.6 is 10.8 Å². The minimum atomic E-state index is -3.83. The van der Waals surface area contributed by atoms with Gasteiger partial charge in [-0.1, -0.05) is 103 Å². The Hall–Kier alpha value is 0.260. The van der Waals surface area contributed by atoms with Crippen LogP contribution in [-0.4, -0.2) is 18.7 Å². The molecule has 0 heterocycles. The van der Waals surface area contributed by atoms with Crippen molar-refractivity contribution in [2.45, 2.75) is 110 Å². The Morgan fingerprint density at radius 3 is 1.22 bits per heavy atom. The number of hydrogen-bond donors (Lipinski definition) is 1.